The highest BCUT2D eigenvalue weighted by molar-refractivity contribution is 5.32. The molecule has 1 N–H and O–H groups in total. The molecule has 0 bridgehead atoms. The molecule has 0 saturated carbocycles. The van der Waals surface area contributed by atoms with Crippen molar-refractivity contribution >= 4 is 0 Å². The summed E-state index contributed by atoms with van der Waals surface area (Å²) >= 11 is 0. The number of hydrogen-bond donors (Lipinski definition) is 1. The van der Waals surface area contributed by atoms with E-state index in [0.717, 1.165) is 24.8 Å². The second-order valence-corrected chi connectivity index (χ2v) is 4.98. The Morgan fingerprint density at radius 1 is 1.26 bits per heavy atom. The summed E-state index contributed by atoms with van der Waals surface area (Å²) in [6.45, 7) is -0.650. The zero-order chi connectivity index (χ0) is 13.9. The van der Waals surface area contributed by atoms with Gasteiger partial charge in [0.1, 0.15) is 0 Å². The molecule has 0 amide bonds. The number of benzene rings is 1. The van der Waals surface area contributed by atoms with Crippen molar-refractivity contribution in [2.75, 3.05) is 13.1 Å². The SMILES string of the molecule is FC(F)C(F)(F)CNCC1CCCc2ccccc21. The molecule has 2 rings (SSSR count). The summed E-state index contributed by atoms with van der Waals surface area (Å²) in [4.78, 5) is 0. The van der Waals surface area contributed by atoms with Gasteiger partial charge < -0.3 is 5.32 Å². The highest BCUT2D eigenvalue weighted by atomic mass is 19.3. The molecule has 0 spiro atoms. The van der Waals surface area contributed by atoms with Gasteiger partial charge in [0.25, 0.3) is 0 Å². The van der Waals surface area contributed by atoms with Crippen molar-refractivity contribution in [3.05, 3.63) is 35.4 Å². The van der Waals surface area contributed by atoms with Crippen molar-refractivity contribution in [2.45, 2.75) is 37.5 Å². The van der Waals surface area contributed by atoms with Gasteiger partial charge in [-0.1, -0.05) is 24.3 Å². The lowest BCUT2D eigenvalue weighted by atomic mass is 9.83. The van der Waals surface area contributed by atoms with Crippen molar-refractivity contribution in [3.63, 3.8) is 0 Å². The van der Waals surface area contributed by atoms with Crippen LogP contribution in [0.5, 0.6) is 0 Å². The minimum atomic E-state index is -3.95. The van der Waals surface area contributed by atoms with Crippen LogP contribution in [0.3, 0.4) is 0 Å². The molecule has 1 aromatic rings. The smallest absolute Gasteiger partial charge is 0.310 e. The van der Waals surface area contributed by atoms with E-state index in [-0.39, 0.29) is 5.92 Å². The van der Waals surface area contributed by atoms with Crippen LogP contribution in [-0.2, 0) is 6.42 Å². The van der Waals surface area contributed by atoms with Gasteiger partial charge >= 0.3 is 12.3 Å². The fourth-order valence-corrected chi connectivity index (χ4v) is 2.56. The summed E-state index contributed by atoms with van der Waals surface area (Å²) in [6, 6.07) is 7.91. The first-order chi connectivity index (χ1) is 9.00. The third-order valence-electron chi connectivity index (χ3n) is 3.56. The molecular weight excluding hydrogens is 258 g/mol. The van der Waals surface area contributed by atoms with Crippen molar-refractivity contribution in [1.29, 1.82) is 0 Å². The molecular formula is C14H17F4N. The Kier molecular flexibility index (Phi) is 4.45. The van der Waals surface area contributed by atoms with Gasteiger partial charge in [0.05, 0.1) is 6.54 Å². The van der Waals surface area contributed by atoms with Crippen molar-refractivity contribution in [3.8, 4) is 0 Å². The largest absolute Gasteiger partial charge is 0.319 e. The average Bonchev–Trinajstić information content (AvgIpc) is 2.38. The van der Waals surface area contributed by atoms with Gasteiger partial charge in [0.15, 0.2) is 0 Å². The molecule has 19 heavy (non-hydrogen) atoms. The number of rotatable bonds is 5. The molecule has 0 radical (unpaired) electrons. The first-order valence-corrected chi connectivity index (χ1v) is 6.45. The van der Waals surface area contributed by atoms with Crippen LogP contribution in [-0.4, -0.2) is 25.4 Å². The maximum Gasteiger partial charge on any atom is 0.319 e. The third kappa shape index (κ3) is 3.47. The predicted octanol–water partition coefficient (Wildman–Crippen LogP) is 3.60. The molecule has 0 fully saturated rings. The maximum absolute atomic E-state index is 12.8. The molecule has 0 aromatic heterocycles. The van der Waals surface area contributed by atoms with E-state index < -0.39 is 18.9 Å². The van der Waals surface area contributed by atoms with E-state index in [2.05, 4.69) is 5.32 Å². The summed E-state index contributed by atoms with van der Waals surface area (Å²) in [6.07, 6.45) is -0.697. The van der Waals surface area contributed by atoms with Crippen molar-refractivity contribution in [2.24, 2.45) is 0 Å². The van der Waals surface area contributed by atoms with E-state index in [1.54, 1.807) is 0 Å². The van der Waals surface area contributed by atoms with E-state index in [4.69, 9.17) is 0 Å². The third-order valence-corrected chi connectivity index (χ3v) is 3.56. The molecule has 1 aliphatic carbocycles. The second-order valence-electron chi connectivity index (χ2n) is 4.98. The Morgan fingerprint density at radius 2 is 2.00 bits per heavy atom. The molecule has 1 atom stereocenters. The molecule has 1 aromatic carbocycles. The van der Waals surface area contributed by atoms with Crippen LogP contribution in [0.4, 0.5) is 17.6 Å². The molecule has 0 aliphatic heterocycles. The maximum atomic E-state index is 12.8. The van der Waals surface area contributed by atoms with E-state index in [0.29, 0.717) is 6.54 Å². The zero-order valence-electron chi connectivity index (χ0n) is 10.5. The summed E-state index contributed by atoms with van der Waals surface area (Å²) in [5, 5.41) is 2.49. The van der Waals surface area contributed by atoms with Crippen LogP contribution < -0.4 is 5.32 Å². The van der Waals surface area contributed by atoms with Crippen LogP contribution in [0.2, 0.25) is 0 Å². The van der Waals surface area contributed by atoms with Crippen LogP contribution in [0.1, 0.15) is 29.9 Å². The summed E-state index contributed by atoms with van der Waals surface area (Å²) in [7, 11) is 0. The van der Waals surface area contributed by atoms with Gasteiger partial charge in [0, 0.05) is 6.54 Å². The summed E-state index contributed by atoms with van der Waals surface area (Å²) in [5.74, 6) is -3.81. The number of alkyl halides is 4. The molecule has 5 heteroatoms. The Balaban J connectivity index is 1.91. The zero-order valence-corrected chi connectivity index (χ0v) is 10.5. The monoisotopic (exact) mass is 275 g/mol. The van der Waals surface area contributed by atoms with Gasteiger partial charge in [-0.25, -0.2) is 8.78 Å². The number of fused-ring (bicyclic) bond motifs is 1. The van der Waals surface area contributed by atoms with Crippen LogP contribution in [0.25, 0.3) is 0 Å². The van der Waals surface area contributed by atoms with Gasteiger partial charge in [-0.15, -0.1) is 0 Å². The fourth-order valence-electron chi connectivity index (χ4n) is 2.56. The minimum Gasteiger partial charge on any atom is -0.310 e. The van der Waals surface area contributed by atoms with E-state index >= 15 is 0 Å². The normalized spacial score (nSPS) is 19.5. The molecule has 1 nitrogen and oxygen atoms in total. The average molecular weight is 275 g/mol. The highest BCUT2D eigenvalue weighted by Gasteiger charge is 2.40. The Labute approximate surface area is 110 Å². The number of hydrogen-bond acceptors (Lipinski definition) is 1. The Bertz CT molecular complexity index is 420. The Hall–Kier alpha value is -1.10. The van der Waals surface area contributed by atoms with Crippen LogP contribution in [0, 0.1) is 0 Å². The number of aryl methyl sites for hydroxylation is 1. The molecule has 1 aliphatic rings. The van der Waals surface area contributed by atoms with Gasteiger partial charge in [-0.2, -0.15) is 8.78 Å². The van der Waals surface area contributed by atoms with Gasteiger partial charge in [0.2, 0.25) is 0 Å². The highest BCUT2D eigenvalue weighted by Crippen LogP contribution is 2.31. The lowest BCUT2D eigenvalue weighted by molar-refractivity contribution is -0.125. The Morgan fingerprint density at radius 3 is 2.74 bits per heavy atom. The van der Waals surface area contributed by atoms with Crippen molar-refractivity contribution in [1.82, 2.24) is 5.32 Å². The molecule has 106 valence electrons. The lowest BCUT2D eigenvalue weighted by Crippen LogP contribution is -2.40. The second kappa shape index (κ2) is 5.90. The van der Waals surface area contributed by atoms with Crippen molar-refractivity contribution < 1.29 is 17.6 Å². The van der Waals surface area contributed by atoms with Gasteiger partial charge in [-0.3, -0.25) is 0 Å². The van der Waals surface area contributed by atoms with Crippen LogP contribution in [0.15, 0.2) is 24.3 Å². The number of nitrogens with one attached hydrogen (secondary N) is 1. The molecule has 0 heterocycles. The number of halogens is 4. The lowest BCUT2D eigenvalue weighted by Gasteiger charge is -2.26. The van der Waals surface area contributed by atoms with E-state index in [9.17, 15) is 17.6 Å². The minimum absolute atomic E-state index is 0.137. The first-order valence-electron chi connectivity index (χ1n) is 6.45. The molecule has 1 unspecified atom stereocenters. The van der Waals surface area contributed by atoms with Gasteiger partial charge in [-0.05, 0) is 36.3 Å². The summed E-state index contributed by atoms with van der Waals surface area (Å²) in [5.41, 5.74) is 2.39. The first kappa shape index (κ1) is 14.3. The predicted molar refractivity (Wildman–Crippen MR) is 65.9 cm³/mol. The standard InChI is InChI=1S/C14H17F4N/c15-13(16)14(17,18)9-19-8-11-6-3-5-10-4-1-2-7-12(10)11/h1-2,4,7,11,13,19H,3,5-6,8-9H2. The van der Waals surface area contributed by atoms with E-state index in [1.807, 2.05) is 24.3 Å². The van der Waals surface area contributed by atoms with Crippen LogP contribution >= 0.6 is 0 Å². The van der Waals surface area contributed by atoms with E-state index in [1.165, 1.54) is 5.56 Å². The summed E-state index contributed by atoms with van der Waals surface area (Å²) < 4.78 is 49.6. The fraction of sp³-hybridized carbons (Fsp3) is 0.571. The topological polar surface area (TPSA) is 12.0 Å². The molecule has 0 saturated heterocycles. The quantitative estimate of drug-likeness (QED) is 0.810.